The minimum absolute atomic E-state index is 0.120. The molecule has 1 aliphatic carbocycles. The van der Waals surface area contributed by atoms with Crippen molar-refractivity contribution >= 4 is 23.2 Å². The third kappa shape index (κ3) is 4.03. The fourth-order valence-corrected chi connectivity index (χ4v) is 3.65. The molecule has 2 N–H and O–H groups in total. The predicted octanol–water partition coefficient (Wildman–Crippen LogP) is 2.25. The lowest BCUT2D eigenvalue weighted by Gasteiger charge is -2.15. The highest BCUT2D eigenvalue weighted by Gasteiger charge is 2.41. The summed E-state index contributed by atoms with van der Waals surface area (Å²) >= 11 is 1.59. The van der Waals surface area contributed by atoms with Gasteiger partial charge in [-0.25, -0.2) is 4.98 Å². The summed E-state index contributed by atoms with van der Waals surface area (Å²) in [5.74, 6) is -1.53. The van der Waals surface area contributed by atoms with Crippen molar-refractivity contribution in [3.8, 4) is 0 Å². The first-order valence-electron chi connectivity index (χ1n) is 7.42. The molecule has 1 aliphatic rings. The fourth-order valence-electron chi connectivity index (χ4n) is 3.01. The van der Waals surface area contributed by atoms with Crippen molar-refractivity contribution in [2.45, 2.75) is 39.5 Å². The second kappa shape index (κ2) is 7.02. The van der Waals surface area contributed by atoms with Gasteiger partial charge in [-0.2, -0.15) is 0 Å². The number of aliphatic carboxylic acids is 1. The molecular formula is C15H22N2O3S. The van der Waals surface area contributed by atoms with Gasteiger partial charge in [-0.05, 0) is 25.7 Å². The highest BCUT2D eigenvalue weighted by atomic mass is 32.1. The molecule has 21 heavy (non-hydrogen) atoms. The van der Waals surface area contributed by atoms with Gasteiger partial charge in [0, 0.05) is 18.3 Å². The molecule has 6 heteroatoms. The van der Waals surface area contributed by atoms with Crippen LogP contribution in [0.3, 0.4) is 0 Å². The maximum atomic E-state index is 12.2. The molecule has 0 aromatic carbocycles. The number of rotatable bonds is 6. The summed E-state index contributed by atoms with van der Waals surface area (Å²) in [7, 11) is 0. The van der Waals surface area contributed by atoms with Crippen LogP contribution in [0.1, 0.15) is 36.9 Å². The van der Waals surface area contributed by atoms with Gasteiger partial charge in [-0.15, -0.1) is 11.3 Å². The van der Waals surface area contributed by atoms with Gasteiger partial charge in [0.2, 0.25) is 5.91 Å². The van der Waals surface area contributed by atoms with Crippen LogP contribution in [-0.2, 0) is 16.0 Å². The first-order chi connectivity index (χ1) is 10.0. The van der Waals surface area contributed by atoms with Crippen molar-refractivity contribution in [2.75, 3.05) is 6.54 Å². The van der Waals surface area contributed by atoms with Crippen LogP contribution in [0.15, 0.2) is 5.38 Å². The molecular weight excluding hydrogens is 288 g/mol. The third-order valence-electron chi connectivity index (χ3n) is 4.24. The summed E-state index contributed by atoms with van der Waals surface area (Å²) in [6.45, 7) is 4.52. The van der Waals surface area contributed by atoms with Crippen LogP contribution >= 0.6 is 11.3 Å². The van der Waals surface area contributed by atoms with Crippen LogP contribution in [0.4, 0.5) is 0 Å². The van der Waals surface area contributed by atoms with E-state index < -0.39 is 11.9 Å². The number of aryl methyl sites for hydroxylation is 1. The standard InChI is InChI=1S/C15H22N2O3S/c1-3-10-6-12(13(7-10)15(19)20)14(18)16-5-4-11-8-21-9(2)17-11/h8,10,12-13H,3-7H2,1-2H3,(H,16,18)(H,19,20)/t10?,12-,13+/m0/s1. The van der Waals surface area contributed by atoms with E-state index in [1.54, 1.807) is 11.3 Å². The second-order valence-corrected chi connectivity index (χ2v) is 6.76. The Bertz CT molecular complexity index is 515. The molecule has 0 radical (unpaired) electrons. The second-order valence-electron chi connectivity index (χ2n) is 5.70. The molecule has 0 saturated heterocycles. The number of aromatic nitrogens is 1. The van der Waals surface area contributed by atoms with E-state index in [9.17, 15) is 14.7 Å². The Morgan fingerprint density at radius 3 is 2.71 bits per heavy atom. The number of hydrogen-bond acceptors (Lipinski definition) is 4. The van der Waals surface area contributed by atoms with E-state index in [1.165, 1.54) is 0 Å². The van der Waals surface area contributed by atoms with Crippen LogP contribution in [0.2, 0.25) is 0 Å². The molecule has 3 atom stereocenters. The largest absolute Gasteiger partial charge is 0.481 e. The highest BCUT2D eigenvalue weighted by molar-refractivity contribution is 7.09. The molecule has 1 unspecified atom stereocenters. The van der Waals surface area contributed by atoms with Gasteiger partial charge in [0.25, 0.3) is 0 Å². The number of nitrogens with one attached hydrogen (secondary N) is 1. The summed E-state index contributed by atoms with van der Waals surface area (Å²) in [5, 5.41) is 15.1. The normalized spacial score (nSPS) is 25.0. The van der Waals surface area contributed by atoms with Crippen molar-refractivity contribution in [2.24, 2.45) is 17.8 Å². The average Bonchev–Trinajstić information content (AvgIpc) is 3.04. The lowest BCUT2D eigenvalue weighted by molar-refractivity contribution is -0.146. The molecule has 1 aromatic rings. The van der Waals surface area contributed by atoms with E-state index in [4.69, 9.17) is 0 Å². The zero-order valence-electron chi connectivity index (χ0n) is 12.5. The molecule has 2 rings (SSSR count). The van der Waals surface area contributed by atoms with Gasteiger partial charge in [0.1, 0.15) is 0 Å². The summed E-state index contributed by atoms with van der Waals surface area (Å²) in [6, 6.07) is 0. The van der Waals surface area contributed by atoms with Crippen molar-refractivity contribution in [1.29, 1.82) is 0 Å². The zero-order chi connectivity index (χ0) is 15.4. The number of thiazole rings is 1. The zero-order valence-corrected chi connectivity index (χ0v) is 13.3. The summed E-state index contributed by atoms with van der Waals surface area (Å²) < 4.78 is 0. The van der Waals surface area contributed by atoms with Crippen molar-refractivity contribution in [3.05, 3.63) is 16.1 Å². The Balaban J connectivity index is 1.85. The van der Waals surface area contributed by atoms with Crippen LogP contribution in [0.5, 0.6) is 0 Å². The van der Waals surface area contributed by atoms with Gasteiger partial charge in [0.05, 0.1) is 22.5 Å². The summed E-state index contributed by atoms with van der Waals surface area (Å²) in [4.78, 5) is 27.9. The number of carboxylic acids is 1. The van der Waals surface area contributed by atoms with E-state index in [-0.39, 0.29) is 11.8 Å². The molecule has 1 saturated carbocycles. The van der Waals surface area contributed by atoms with Gasteiger partial charge in [0.15, 0.2) is 0 Å². The first kappa shape index (κ1) is 15.9. The van der Waals surface area contributed by atoms with Gasteiger partial charge < -0.3 is 10.4 Å². The number of carbonyl (C=O) groups is 2. The molecule has 0 bridgehead atoms. The molecule has 5 nitrogen and oxygen atoms in total. The van der Waals surface area contributed by atoms with Crippen LogP contribution < -0.4 is 5.32 Å². The average molecular weight is 310 g/mol. The molecule has 116 valence electrons. The number of hydrogen-bond donors (Lipinski definition) is 2. The molecule has 0 spiro atoms. The fraction of sp³-hybridized carbons (Fsp3) is 0.667. The van der Waals surface area contributed by atoms with Gasteiger partial charge in [-0.3, -0.25) is 9.59 Å². The van der Waals surface area contributed by atoms with Crippen molar-refractivity contribution in [1.82, 2.24) is 10.3 Å². The minimum Gasteiger partial charge on any atom is -0.481 e. The lowest BCUT2D eigenvalue weighted by Crippen LogP contribution is -2.36. The van der Waals surface area contributed by atoms with Crippen LogP contribution in [0.25, 0.3) is 0 Å². The number of carbonyl (C=O) groups excluding carboxylic acids is 1. The van der Waals surface area contributed by atoms with Gasteiger partial charge >= 0.3 is 5.97 Å². The van der Waals surface area contributed by atoms with Crippen LogP contribution in [0, 0.1) is 24.7 Å². The topological polar surface area (TPSA) is 79.3 Å². The van der Waals surface area contributed by atoms with E-state index in [2.05, 4.69) is 17.2 Å². The van der Waals surface area contributed by atoms with Crippen molar-refractivity contribution < 1.29 is 14.7 Å². The molecule has 1 fully saturated rings. The summed E-state index contributed by atoms with van der Waals surface area (Å²) in [6.07, 6.45) is 2.94. The van der Waals surface area contributed by atoms with E-state index in [0.717, 1.165) is 17.1 Å². The molecule has 1 aromatic heterocycles. The smallest absolute Gasteiger partial charge is 0.307 e. The number of carboxylic acid groups (broad SMARTS) is 1. The summed E-state index contributed by atoms with van der Waals surface area (Å²) in [5.41, 5.74) is 0.977. The monoisotopic (exact) mass is 310 g/mol. The van der Waals surface area contributed by atoms with Crippen LogP contribution in [-0.4, -0.2) is 28.5 Å². The van der Waals surface area contributed by atoms with E-state index >= 15 is 0 Å². The Hall–Kier alpha value is -1.43. The molecule has 0 aliphatic heterocycles. The minimum atomic E-state index is -0.846. The predicted molar refractivity (Wildman–Crippen MR) is 81.2 cm³/mol. The molecule has 1 amide bonds. The highest BCUT2D eigenvalue weighted by Crippen LogP contribution is 2.38. The Labute approximate surface area is 128 Å². The van der Waals surface area contributed by atoms with E-state index in [0.29, 0.717) is 31.7 Å². The SMILES string of the molecule is CCC1C[C@H](C(=O)NCCc2csc(C)n2)[C@H](C(=O)O)C1. The van der Waals surface area contributed by atoms with Crippen molar-refractivity contribution in [3.63, 3.8) is 0 Å². The maximum absolute atomic E-state index is 12.2. The first-order valence-corrected chi connectivity index (χ1v) is 8.30. The Morgan fingerprint density at radius 2 is 2.14 bits per heavy atom. The van der Waals surface area contributed by atoms with E-state index in [1.807, 2.05) is 12.3 Å². The van der Waals surface area contributed by atoms with Gasteiger partial charge in [-0.1, -0.05) is 13.3 Å². The number of amides is 1. The Morgan fingerprint density at radius 1 is 1.43 bits per heavy atom. The Kier molecular flexibility index (Phi) is 5.33. The third-order valence-corrected chi connectivity index (χ3v) is 5.06. The quantitative estimate of drug-likeness (QED) is 0.844. The molecule has 1 heterocycles. The number of nitrogens with zero attached hydrogens (tertiary/aromatic N) is 1. The maximum Gasteiger partial charge on any atom is 0.307 e. The lowest BCUT2D eigenvalue weighted by atomic mass is 9.95.